The van der Waals surface area contributed by atoms with Crippen LogP contribution < -0.4 is 15.8 Å². The summed E-state index contributed by atoms with van der Waals surface area (Å²) in [6.45, 7) is 2.59. The molecule has 1 amide bonds. The van der Waals surface area contributed by atoms with E-state index < -0.39 is 0 Å². The van der Waals surface area contributed by atoms with Crippen molar-refractivity contribution in [3.05, 3.63) is 64.7 Å². The van der Waals surface area contributed by atoms with Crippen LogP contribution in [0.2, 0.25) is 5.02 Å². The van der Waals surface area contributed by atoms with E-state index in [4.69, 9.17) is 16.6 Å². The van der Waals surface area contributed by atoms with Crippen molar-refractivity contribution in [3.8, 4) is 0 Å². The molecule has 0 spiro atoms. The van der Waals surface area contributed by atoms with Gasteiger partial charge in [-0.05, 0) is 42.3 Å². The van der Waals surface area contributed by atoms with Crippen molar-refractivity contribution in [3.63, 3.8) is 0 Å². The number of benzene rings is 2. The average molecular weight is 429 g/mol. The van der Waals surface area contributed by atoms with E-state index in [1.807, 2.05) is 24.3 Å². The van der Waals surface area contributed by atoms with Crippen molar-refractivity contribution in [1.82, 2.24) is 10.9 Å². The first kappa shape index (κ1) is 20.1. The van der Waals surface area contributed by atoms with Crippen LogP contribution >= 0.6 is 23.4 Å². The number of ketones is 1. The Morgan fingerprint density at radius 1 is 1.24 bits per heavy atom. The Hall–Kier alpha value is -2.19. The fourth-order valence-electron chi connectivity index (χ4n) is 3.47. The summed E-state index contributed by atoms with van der Waals surface area (Å²) in [4.78, 5) is 32.3. The van der Waals surface area contributed by atoms with Gasteiger partial charge < -0.3 is 0 Å². The Bertz CT molecular complexity index is 963. The first-order valence-corrected chi connectivity index (χ1v) is 10.8. The van der Waals surface area contributed by atoms with E-state index in [0.29, 0.717) is 22.3 Å². The predicted octanol–water partition coefficient (Wildman–Crippen LogP) is 3.27. The molecule has 2 N–H and O–H groups in total. The molecule has 150 valence electrons. The SMILES string of the molecule is CCc1ccccc1N1C(=O)C2CNNC2N=C1SCC(=O)c1ccc(Cl)cc1. The highest BCUT2D eigenvalue weighted by Gasteiger charge is 2.42. The van der Waals surface area contributed by atoms with E-state index >= 15 is 0 Å². The monoisotopic (exact) mass is 428 g/mol. The number of carbonyl (C=O) groups is 2. The Morgan fingerprint density at radius 3 is 2.76 bits per heavy atom. The molecule has 1 fully saturated rings. The number of rotatable bonds is 5. The molecule has 0 radical (unpaired) electrons. The van der Waals surface area contributed by atoms with Crippen LogP contribution in [-0.2, 0) is 11.2 Å². The second-order valence-electron chi connectivity index (χ2n) is 6.86. The summed E-state index contributed by atoms with van der Waals surface area (Å²) >= 11 is 7.19. The van der Waals surface area contributed by atoms with Crippen LogP contribution in [-0.4, -0.2) is 35.3 Å². The zero-order valence-electron chi connectivity index (χ0n) is 15.9. The smallest absolute Gasteiger partial charge is 0.241 e. The van der Waals surface area contributed by atoms with Gasteiger partial charge in [0.1, 0.15) is 6.17 Å². The molecule has 8 heteroatoms. The van der Waals surface area contributed by atoms with Gasteiger partial charge in [-0.3, -0.25) is 19.9 Å². The minimum absolute atomic E-state index is 0.00941. The molecule has 2 unspecified atom stereocenters. The summed E-state index contributed by atoms with van der Waals surface area (Å²) in [6, 6.07) is 14.6. The quantitative estimate of drug-likeness (QED) is 0.715. The van der Waals surface area contributed by atoms with Gasteiger partial charge in [-0.15, -0.1) is 0 Å². The molecule has 2 aliphatic rings. The number of thioether (sulfide) groups is 1. The minimum atomic E-state index is -0.319. The van der Waals surface area contributed by atoms with Crippen LogP contribution in [0.1, 0.15) is 22.8 Å². The van der Waals surface area contributed by atoms with Gasteiger partial charge in [-0.1, -0.05) is 48.5 Å². The third kappa shape index (κ3) is 4.09. The van der Waals surface area contributed by atoms with Gasteiger partial charge in [0.15, 0.2) is 11.0 Å². The summed E-state index contributed by atoms with van der Waals surface area (Å²) in [7, 11) is 0. The molecule has 2 atom stereocenters. The first-order valence-electron chi connectivity index (χ1n) is 9.48. The van der Waals surface area contributed by atoms with E-state index in [9.17, 15) is 9.59 Å². The standard InChI is InChI=1S/C21H21ClN4O2S/c1-2-13-5-3-4-6-17(13)26-20(28)16-11-23-25-19(16)24-21(26)29-12-18(27)14-7-9-15(22)10-8-14/h3-10,16,19,23,25H,2,11-12H2,1H3. The summed E-state index contributed by atoms with van der Waals surface area (Å²) < 4.78 is 0. The molecule has 0 bridgehead atoms. The predicted molar refractivity (Wildman–Crippen MR) is 117 cm³/mol. The van der Waals surface area contributed by atoms with Gasteiger partial charge in [0.05, 0.1) is 17.4 Å². The summed E-state index contributed by atoms with van der Waals surface area (Å²) in [6.07, 6.45) is 0.479. The molecular weight excluding hydrogens is 408 g/mol. The highest BCUT2D eigenvalue weighted by atomic mass is 35.5. The highest BCUT2D eigenvalue weighted by Crippen LogP contribution is 2.32. The van der Waals surface area contributed by atoms with Gasteiger partial charge in [-0.2, -0.15) is 0 Å². The third-order valence-electron chi connectivity index (χ3n) is 5.04. The Morgan fingerprint density at radius 2 is 2.00 bits per heavy atom. The number of hydrogen-bond acceptors (Lipinski definition) is 6. The van der Waals surface area contributed by atoms with Crippen molar-refractivity contribution in [2.24, 2.45) is 10.9 Å². The number of anilines is 1. The number of nitrogens with one attached hydrogen (secondary N) is 2. The van der Waals surface area contributed by atoms with Crippen LogP contribution in [0.25, 0.3) is 0 Å². The van der Waals surface area contributed by atoms with Crippen molar-refractivity contribution in [2.45, 2.75) is 19.5 Å². The van der Waals surface area contributed by atoms with Crippen LogP contribution in [0, 0.1) is 5.92 Å². The number of carbonyl (C=O) groups excluding carboxylic acids is 2. The van der Waals surface area contributed by atoms with Crippen molar-refractivity contribution < 1.29 is 9.59 Å². The number of halogens is 1. The lowest BCUT2D eigenvalue weighted by Crippen LogP contribution is -2.49. The van der Waals surface area contributed by atoms with E-state index in [0.717, 1.165) is 17.7 Å². The molecule has 0 aromatic heterocycles. The second kappa shape index (κ2) is 8.67. The summed E-state index contributed by atoms with van der Waals surface area (Å²) in [5.41, 5.74) is 8.55. The van der Waals surface area contributed by atoms with E-state index in [-0.39, 0.29) is 29.5 Å². The molecule has 2 aromatic carbocycles. The number of amides is 1. The molecule has 6 nitrogen and oxygen atoms in total. The second-order valence-corrected chi connectivity index (χ2v) is 8.24. The first-order chi connectivity index (χ1) is 14.1. The maximum Gasteiger partial charge on any atom is 0.241 e. The Balaban J connectivity index is 1.62. The van der Waals surface area contributed by atoms with Crippen LogP contribution in [0.15, 0.2) is 53.5 Å². The number of para-hydroxylation sites is 1. The molecule has 29 heavy (non-hydrogen) atoms. The van der Waals surface area contributed by atoms with Crippen LogP contribution in [0.5, 0.6) is 0 Å². The zero-order chi connectivity index (χ0) is 20.4. The fourth-order valence-corrected chi connectivity index (χ4v) is 4.53. The normalized spacial score (nSPS) is 21.1. The molecule has 0 aliphatic carbocycles. The van der Waals surface area contributed by atoms with E-state index in [1.165, 1.54) is 11.8 Å². The molecular formula is C21H21ClN4O2S. The number of aliphatic imine (C=N–C) groups is 1. The third-order valence-corrected chi connectivity index (χ3v) is 6.25. The topological polar surface area (TPSA) is 73.8 Å². The van der Waals surface area contributed by atoms with Crippen molar-refractivity contribution in [2.75, 3.05) is 17.2 Å². The molecule has 2 aromatic rings. The summed E-state index contributed by atoms with van der Waals surface area (Å²) in [5.74, 6) is -0.130. The lowest BCUT2D eigenvalue weighted by Gasteiger charge is -2.33. The lowest BCUT2D eigenvalue weighted by atomic mass is 10.0. The molecule has 1 saturated heterocycles. The van der Waals surface area contributed by atoms with Gasteiger partial charge in [0.25, 0.3) is 0 Å². The molecule has 2 aliphatic heterocycles. The number of hydrogen-bond donors (Lipinski definition) is 2. The number of amidine groups is 1. The molecule has 4 rings (SSSR count). The Kier molecular flexibility index (Phi) is 6.01. The average Bonchev–Trinajstić information content (AvgIpc) is 3.21. The van der Waals surface area contributed by atoms with Gasteiger partial charge in [0, 0.05) is 17.1 Å². The molecule has 0 saturated carbocycles. The largest absolute Gasteiger partial charge is 0.293 e. The highest BCUT2D eigenvalue weighted by molar-refractivity contribution is 8.14. The molecule has 2 heterocycles. The number of Topliss-reactive ketones (excluding diaryl/α,β-unsaturated/α-hetero) is 1. The van der Waals surface area contributed by atoms with Gasteiger partial charge in [-0.25, -0.2) is 10.4 Å². The number of fused-ring (bicyclic) bond motifs is 1. The van der Waals surface area contributed by atoms with E-state index in [2.05, 4.69) is 17.8 Å². The van der Waals surface area contributed by atoms with Crippen molar-refractivity contribution in [1.29, 1.82) is 0 Å². The van der Waals surface area contributed by atoms with Crippen LogP contribution in [0.3, 0.4) is 0 Å². The number of nitrogens with zero attached hydrogens (tertiary/aromatic N) is 2. The number of aryl methyl sites for hydroxylation is 1. The van der Waals surface area contributed by atoms with Crippen molar-refractivity contribution >= 4 is 45.9 Å². The Labute approximate surface area is 178 Å². The van der Waals surface area contributed by atoms with E-state index in [1.54, 1.807) is 29.2 Å². The van der Waals surface area contributed by atoms with Gasteiger partial charge in [0.2, 0.25) is 5.91 Å². The van der Waals surface area contributed by atoms with Crippen LogP contribution in [0.4, 0.5) is 5.69 Å². The maximum absolute atomic E-state index is 13.3. The summed E-state index contributed by atoms with van der Waals surface area (Å²) in [5, 5.41) is 1.13. The number of hydrazine groups is 1. The zero-order valence-corrected chi connectivity index (χ0v) is 17.5. The lowest BCUT2D eigenvalue weighted by molar-refractivity contribution is -0.121. The minimum Gasteiger partial charge on any atom is -0.293 e. The fraction of sp³-hybridized carbons (Fsp3) is 0.286. The van der Waals surface area contributed by atoms with Gasteiger partial charge >= 0.3 is 0 Å². The maximum atomic E-state index is 13.3.